The zero-order valence-corrected chi connectivity index (χ0v) is 14.5. The molecule has 0 aliphatic carbocycles. The molecular weight excluding hydrogens is 318 g/mol. The number of amides is 1. The van der Waals surface area contributed by atoms with Crippen LogP contribution in [-0.4, -0.2) is 38.2 Å². The Bertz CT molecular complexity index is 798. The van der Waals surface area contributed by atoms with Crippen LogP contribution in [0.3, 0.4) is 0 Å². The van der Waals surface area contributed by atoms with Crippen LogP contribution in [-0.2, 0) is 19.4 Å². The summed E-state index contributed by atoms with van der Waals surface area (Å²) in [6.07, 6.45) is 1.76. The SMILES string of the molecule is COc1cccc(C(=O)N(C)Cc2c3c(cc4c2OCC4)OCC3)c1. The lowest BCUT2D eigenvalue weighted by molar-refractivity contribution is 0.0783. The van der Waals surface area contributed by atoms with Crippen molar-refractivity contribution >= 4 is 5.91 Å². The molecule has 0 atom stereocenters. The zero-order valence-electron chi connectivity index (χ0n) is 14.5. The molecule has 0 spiro atoms. The largest absolute Gasteiger partial charge is 0.497 e. The average Bonchev–Trinajstić information content (AvgIpc) is 3.29. The standard InChI is InChI=1S/C20H21NO4/c1-21(20(22)14-4-3-5-15(10-14)23-2)12-17-16-7-9-24-18(16)11-13-6-8-25-19(13)17/h3-5,10-11H,6-9,12H2,1-2H3. The smallest absolute Gasteiger partial charge is 0.254 e. The first-order valence-electron chi connectivity index (χ1n) is 8.50. The van der Waals surface area contributed by atoms with Crippen LogP contribution in [0.4, 0.5) is 0 Å². The maximum absolute atomic E-state index is 12.8. The third kappa shape index (κ3) is 2.80. The molecule has 0 N–H and O–H groups in total. The second-order valence-corrected chi connectivity index (χ2v) is 6.41. The van der Waals surface area contributed by atoms with Gasteiger partial charge in [-0.1, -0.05) is 6.07 Å². The van der Waals surface area contributed by atoms with Crippen molar-refractivity contribution in [3.8, 4) is 17.2 Å². The van der Waals surface area contributed by atoms with Crippen LogP contribution in [0.2, 0.25) is 0 Å². The van der Waals surface area contributed by atoms with Gasteiger partial charge in [0.25, 0.3) is 5.91 Å². The number of hydrogen-bond donors (Lipinski definition) is 0. The summed E-state index contributed by atoms with van der Waals surface area (Å²) in [7, 11) is 3.42. The fraction of sp³-hybridized carbons (Fsp3) is 0.350. The van der Waals surface area contributed by atoms with E-state index in [2.05, 4.69) is 6.07 Å². The summed E-state index contributed by atoms with van der Waals surface area (Å²) < 4.78 is 16.8. The van der Waals surface area contributed by atoms with E-state index in [-0.39, 0.29) is 5.91 Å². The van der Waals surface area contributed by atoms with Gasteiger partial charge in [-0.25, -0.2) is 0 Å². The first-order valence-corrected chi connectivity index (χ1v) is 8.50. The Hall–Kier alpha value is -2.69. The predicted molar refractivity (Wildman–Crippen MR) is 93.6 cm³/mol. The van der Waals surface area contributed by atoms with Crippen LogP contribution in [0.1, 0.15) is 27.0 Å². The van der Waals surface area contributed by atoms with E-state index in [0.29, 0.717) is 31.1 Å². The highest BCUT2D eigenvalue weighted by atomic mass is 16.5. The number of ether oxygens (including phenoxy) is 3. The minimum Gasteiger partial charge on any atom is -0.497 e. The molecule has 0 saturated carbocycles. The molecule has 0 aromatic heterocycles. The third-order valence-corrected chi connectivity index (χ3v) is 4.82. The normalized spacial score (nSPS) is 14.3. The number of nitrogens with zero attached hydrogens (tertiary/aromatic N) is 1. The van der Waals surface area contributed by atoms with E-state index in [9.17, 15) is 4.79 Å². The lowest BCUT2D eigenvalue weighted by Gasteiger charge is -2.21. The number of methoxy groups -OCH3 is 1. The highest BCUT2D eigenvalue weighted by molar-refractivity contribution is 5.94. The van der Waals surface area contributed by atoms with Crippen LogP contribution in [0.25, 0.3) is 0 Å². The van der Waals surface area contributed by atoms with Gasteiger partial charge in [0.15, 0.2) is 0 Å². The van der Waals surface area contributed by atoms with E-state index < -0.39 is 0 Å². The van der Waals surface area contributed by atoms with Crippen LogP contribution in [0, 0.1) is 0 Å². The number of benzene rings is 2. The molecule has 0 fully saturated rings. The van der Waals surface area contributed by atoms with Crippen molar-refractivity contribution in [2.45, 2.75) is 19.4 Å². The molecular formula is C20H21NO4. The van der Waals surface area contributed by atoms with Gasteiger partial charge in [0.1, 0.15) is 17.2 Å². The highest BCUT2D eigenvalue weighted by Crippen LogP contribution is 2.41. The lowest BCUT2D eigenvalue weighted by Crippen LogP contribution is -2.27. The molecule has 1 amide bonds. The van der Waals surface area contributed by atoms with Gasteiger partial charge in [0.05, 0.1) is 20.3 Å². The Labute approximate surface area is 147 Å². The quantitative estimate of drug-likeness (QED) is 0.859. The van der Waals surface area contributed by atoms with E-state index in [1.54, 1.807) is 24.1 Å². The molecule has 5 nitrogen and oxygen atoms in total. The summed E-state index contributed by atoms with van der Waals surface area (Å²) in [6, 6.07) is 9.32. The molecule has 0 radical (unpaired) electrons. The summed E-state index contributed by atoms with van der Waals surface area (Å²) in [6.45, 7) is 1.89. The summed E-state index contributed by atoms with van der Waals surface area (Å²) >= 11 is 0. The first kappa shape index (κ1) is 15.8. The van der Waals surface area contributed by atoms with Crippen molar-refractivity contribution < 1.29 is 19.0 Å². The topological polar surface area (TPSA) is 48.0 Å². The van der Waals surface area contributed by atoms with Crippen molar-refractivity contribution in [1.82, 2.24) is 4.90 Å². The second kappa shape index (κ2) is 6.31. The Morgan fingerprint density at radius 1 is 1.20 bits per heavy atom. The minimum atomic E-state index is -0.0397. The molecule has 2 aromatic carbocycles. The summed E-state index contributed by atoms with van der Waals surface area (Å²) in [5.74, 6) is 2.52. The monoisotopic (exact) mass is 339 g/mol. The summed E-state index contributed by atoms with van der Waals surface area (Å²) in [4.78, 5) is 14.5. The fourth-order valence-electron chi connectivity index (χ4n) is 3.54. The van der Waals surface area contributed by atoms with Gasteiger partial charge in [0, 0.05) is 48.7 Å². The number of rotatable bonds is 4. The molecule has 5 heteroatoms. The summed E-state index contributed by atoms with van der Waals surface area (Å²) in [5, 5.41) is 0. The van der Waals surface area contributed by atoms with Gasteiger partial charge >= 0.3 is 0 Å². The Morgan fingerprint density at radius 2 is 2.04 bits per heavy atom. The van der Waals surface area contributed by atoms with Crippen LogP contribution in [0.15, 0.2) is 30.3 Å². The average molecular weight is 339 g/mol. The molecule has 2 aromatic rings. The molecule has 0 saturated heterocycles. The molecule has 2 heterocycles. The third-order valence-electron chi connectivity index (χ3n) is 4.82. The van der Waals surface area contributed by atoms with Gasteiger partial charge < -0.3 is 19.1 Å². The highest BCUT2D eigenvalue weighted by Gasteiger charge is 2.28. The molecule has 130 valence electrons. The van der Waals surface area contributed by atoms with Crippen LogP contribution < -0.4 is 14.2 Å². The van der Waals surface area contributed by atoms with E-state index in [4.69, 9.17) is 14.2 Å². The van der Waals surface area contributed by atoms with E-state index >= 15 is 0 Å². The van der Waals surface area contributed by atoms with Crippen molar-refractivity contribution in [3.05, 3.63) is 52.6 Å². The maximum atomic E-state index is 12.8. The molecule has 2 aliphatic rings. The Morgan fingerprint density at radius 3 is 2.88 bits per heavy atom. The number of carbonyl (C=O) groups is 1. The van der Waals surface area contributed by atoms with Crippen molar-refractivity contribution in [1.29, 1.82) is 0 Å². The lowest BCUT2D eigenvalue weighted by atomic mass is 9.99. The maximum Gasteiger partial charge on any atom is 0.254 e. The Balaban J connectivity index is 1.63. The number of hydrogen-bond acceptors (Lipinski definition) is 4. The predicted octanol–water partition coefficient (Wildman–Crippen LogP) is 2.84. The van der Waals surface area contributed by atoms with Gasteiger partial charge in [-0.3, -0.25) is 4.79 Å². The van der Waals surface area contributed by atoms with Gasteiger partial charge in [-0.05, 0) is 24.3 Å². The first-order chi connectivity index (χ1) is 12.2. The molecule has 25 heavy (non-hydrogen) atoms. The molecule has 4 rings (SSSR count). The van der Waals surface area contributed by atoms with E-state index in [0.717, 1.165) is 29.9 Å². The van der Waals surface area contributed by atoms with Gasteiger partial charge in [-0.15, -0.1) is 0 Å². The van der Waals surface area contributed by atoms with Crippen molar-refractivity contribution in [3.63, 3.8) is 0 Å². The zero-order chi connectivity index (χ0) is 17.4. The van der Waals surface area contributed by atoms with Crippen molar-refractivity contribution in [2.75, 3.05) is 27.4 Å². The van der Waals surface area contributed by atoms with Crippen molar-refractivity contribution in [2.24, 2.45) is 0 Å². The fourth-order valence-corrected chi connectivity index (χ4v) is 3.54. The molecule has 0 bridgehead atoms. The number of fused-ring (bicyclic) bond motifs is 2. The second-order valence-electron chi connectivity index (χ2n) is 6.41. The van der Waals surface area contributed by atoms with E-state index in [1.165, 1.54) is 11.1 Å². The van der Waals surface area contributed by atoms with Crippen LogP contribution in [0.5, 0.6) is 17.2 Å². The number of carbonyl (C=O) groups excluding carboxylic acids is 1. The Kier molecular flexibility index (Phi) is 3.99. The molecule has 2 aliphatic heterocycles. The van der Waals surface area contributed by atoms with Gasteiger partial charge in [0.2, 0.25) is 0 Å². The van der Waals surface area contributed by atoms with E-state index in [1.807, 2.05) is 19.2 Å². The minimum absolute atomic E-state index is 0.0397. The van der Waals surface area contributed by atoms with Crippen LogP contribution >= 0.6 is 0 Å². The van der Waals surface area contributed by atoms with Gasteiger partial charge in [-0.2, -0.15) is 0 Å². The summed E-state index contributed by atoms with van der Waals surface area (Å²) in [5.41, 5.74) is 4.05. The molecule has 0 unspecified atom stereocenters.